The summed E-state index contributed by atoms with van der Waals surface area (Å²) in [5.41, 5.74) is 5.47. The fourth-order valence-electron chi connectivity index (χ4n) is 1.51. The molecule has 0 aromatic carbocycles. The Bertz CT molecular complexity index is 358. The van der Waals surface area contributed by atoms with Crippen molar-refractivity contribution in [1.82, 2.24) is 5.32 Å². The molecule has 1 aromatic heterocycles. The third-order valence-electron chi connectivity index (χ3n) is 2.92. The summed E-state index contributed by atoms with van der Waals surface area (Å²) in [6.45, 7) is 4.56. The lowest BCUT2D eigenvalue weighted by molar-refractivity contribution is 0.0899. The van der Waals surface area contributed by atoms with Crippen LogP contribution in [0.3, 0.4) is 0 Å². The van der Waals surface area contributed by atoms with Crippen molar-refractivity contribution in [1.29, 1.82) is 0 Å². The first-order chi connectivity index (χ1) is 7.56. The summed E-state index contributed by atoms with van der Waals surface area (Å²) in [6, 6.07) is 3.69. The maximum absolute atomic E-state index is 12.0. The molecule has 0 aliphatic carbocycles. The van der Waals surface area contributed by atoms with Gasteiger partial charge in [0, 0.05) is 6.54 Å². The topological polar surface area (TPSA) is 55.1 Å². The summed E-state index contributed by atoms with van der Waals surface area (Å²) in [6.07, 6.45) is 1.69. The molecule has 0 fully saturated rings. The zero-order valence-electron chi connectivity index (χ0n) is 9.96. The second-order valence-corrected chi connectivity index (χ2v) is 6.21. The number of thiophene rings is 1. The summed E-state index contributed by atoms with van der Waals surface area (Å²) >= 11 is 4.78. The maximum atomic E-state index is 12.0. The van der Waals surface area contributed by atoms with Gasteiger partial charge >= 0.3 is 0 Å². The molecule has 0 saturated carbocycles. The monoisotopic (exact) mass is 340 g/mol. The molecule has 0 spiro atoms. The average Bonchev–Trinajstić information content (AvgIpc) is 2.73. The minimum absolute atomic E-state index is 0. The Morgan fingerprint density at radius 3 is 2.41 bits per heavy atom. The van der Waals surface area contributed by atoms with Crippen molar-refractivity contribution in [2.24, 2.45) is 5.73 Å². The highest BCUT2D eigenvalue weighted by Crippen LogP contribution is 2.23. The third-order valence-corrected chi connectivity index (χ3v) is 4.54. The number of amides is 1. The van der Waals surface area contributed by atoms with Crippen LogP contribution in [0.2, 0.25) is 0 Å². The van der Waals surface area contributed by atoms with Crippen molar-refractivity contribution in [3.63, 3.8) is 0 Å². The molecule has 1 amide bonds. The molecule has 1 rings (SSSR count). The second kappa shape index (κ2) is 7.36. The summed E-state index contributed by atoms with van der Waals surface area (Å²) in [4.78, 5) is 12.7. The Balaban J connectivity index is 0.00000256. The van der Waals surface area contributed by atoms with E-state index in [0.717, 1.165) is 16.6 Å². The lowest BCUT2D eigenvalue weighted by atomic mass is 9.93. The van der Waals surface area contributed by atoms with Crippen molar-refractivity contribution < 1.29 is 4.79 Å². The van der Waals surface area contributed by atoms with Gasteiger partial charge in [-0.1, -0.05) is 13.8 Å². The Morgan fingerprint density at radius 1 is 1.47 bits per heavy atom. The van der Waals surface area contributed by atoms with E-state index in [9.17, 15) is 4.79 Å². The van der Waals surface area contributed by atoms with E-state index in [1.54, 1.807) is 0 Å². The molecule has 0 aliphatic rings. The Morgan fingerprint density at radius 2 is 2.06 bits per heavy atom. The number of carbonyl (C=O) groups is 1. The van der Waals surface area contributed by atoms with Gasteiger partial charge in [-0.05, 0) is 40.9 Å². The van der Waals surface area contributed by atoms with Crippen LogP contribution in [-0.2, 0) is 0 Å². The molecule has 6 heteroatoms. The van der Waals surface area contributed by atoms with E-state index >= 15 is 0 Å². The maximum Gasteiger partial charge on any atom is 0.261 e. The number of carbonyl (C=O) groups excluding carboxylic acids is 1. The van der Waals surface area contributed by atoms with Gasteiger partial charge in [0.2, 0.25) is 0 Å². The Labute approximate surface area is 121 Å². The van der Waals surface area contributed by atoms with Gasteiger partial charge in [-0.2, -0.15) is 0 Å². The van der Waals surface area contributed by atoms with Crippen LogP contribution in [0.5, 0.6) is 0 Å². The predicted molar refractivity (Wildman–Crippen MR) is 79.1 cm³/mol. The van der Waals surface area contributed by atoms with Gasteiger partial charge in [0.05, 0.1) is 14.2 Å². The van der Waals surface area contributed by atoms with Gasteiger partial charge in [-0.15, -0.1) is 23.7 Å². The minimum atomic E-state index is -0.270. The van der Waals surface area contributed by atoms with Crippen molar-refractivity contribution in [2.75, 3.05) is 6.54 Å². The van der Waals surface area contributed by atoms with Gasteiger partial charge in [0.15, 0.2) is 0 Å². The zero-order valence-corrected chi connectivity index (χ0v) is 13.2. The summed E-state index contributed by atoms with van der Waals surface area (Å²) in [5, 5.41) is 3.03. The molecular formula is C11H18BrClN2OS. The molecule has 0 aliphatic heterocycles. The number of hydrogen-bond donors (Lipinski definition) is 2. The van der Waals surface area contributed by atoms with Gasteiger partial charge in [0.25, 0.3) is 5.91 Å². The number of rotatable bonds is 5. The molecule has 98 valence electrons. The lowest BCUT2D eigenvalue weighted by Crippen LogP contribution is -2.52. The van der Waals surface area contributed by atoms with E-state index in [1.807, 2.05) is 26.0 Å². The Kier molecular flexibility index (Phi) is 7.32. The number of nitrogens with two attached hydrogens (primary N) is 1. The molecule has 1 heterocycles. The quantitative estimate of drug-likeness (QED) is 0.864. The highest BCUT2D eigenvalue weighted by Gasteiger charge is 2.27. The summed E-state index contributed by atoms with van der Waals surface area (Å²) in [7, 11) is 0. The molecule has 0 saturated heterocycles. The molecule has 0 atom stereocenters. The third kappa shape index (κ3) is 4.25. The van der Waals surface area contributed by atoms with E-state index in [1.165, 1.54) is 11.3 Å². The first-order valence-electron chi connectivity index (χ1n) is 5.35. The van der Waals surface area contributed by atoms with Crippen LogP contribution in [0.1, 0.15) is 36.4 Å². The van der Waals surface area contributed by atoms with Gasteiger partial charge < -0.3 is 11.1 Å². The smallest absolute Gasteiger partial charge is 0.261 e. The lowest BCUT2D eigenvalue weighted by Gasteiger charge is -2.31. The van der Waals surface area contributed by atoms with E-state index in [-0.39, 0.29) is 23.9 Å². The van der Waals surface area contributed by atoms with Crippen LogP contribution in [-0.4, -0.2) is 18.0 Å². The fraction of sp³-hybridized carbons (Fsp3) is 0.545. The van der Waals surface area contributed by atoms with E-state index in [4.69, 9.17) is 5.73 Å². The molecule has 0 bridgehead atoms. The predicted octanol–water partition coefficient (Wildman–Crippen LogP) is 3.18. The normalized spacial score (nSPS) is 10.8. The standard InChI is InChI=1S/C11H17BrN2OS.ClH/c1-3-11(4-2,7-13)14-10(15)8-5-6-9(12)16-8;/h5-6H,3-4,7,13H2,1-2H3,(H,14,15);1H. The van der Waals surface area contributed by atoms with Crippen LogP contribution in [0, 0.1) is 0 Å². The molecule has 0 unspecified atom stereocenters. The first-order valence-corrected chi connectivity index (χ1v) is 6.95. The average molecular weight is 342 g/mol. The molecule has 3 N–H and O–H groups in total. The fourth-order valence-corrected chi connectivity index (χ4v) is 2.79. The van der Waals surface area contributed by atoms with Crippen LogP contribution in [0.15, 0.2) is 15.9 Å². The SMILES string of the molecule is CCC(CC)(CN)NC(=O)c1ccc(Br)s1.Cl. The summed E-state index contributed by atoms with van der Waals surface area (Å²) in [5.74, 6) is -0.0372. The van der Waals surface area contributed by atoms with Crippen LogP contribution in [0.25, 0.3) is 0 Å². The van der Waals surface area contributed by atoms with Crippen LogP contribution in [0.4, 0.5) is 0 Å². The number of nitrogens with one attached hydrogen (secondary N) is 1. The van der Waals surface area contributed by atoms with Gasteiger partial charge in [-0.25, -0.2) is 0 Å². The van der Waals surface area contributed by atoms with Crippen LogP contribution < -0.4 is 11.1 Å². The largest absolute Gasteiger partial charge is 0.345 e. The number of hydrogen-bond acceptors (Lipinski definition) is 3. The highest BCUT2D eigenvalue weighted by atomic mass is 79.9. The molecule has 1 aromatic rings. The van der Waals surface area contributed by atoms with Crippen molar-refractivity contribution >= 4 is 45.6 Å². The molecule has 3 nitrogen and oxygen atoms in total. The van der Waals surface area contributed by atoms with Crippen molar-refractivity contribution in [3.05, 3.63) is 20.8 Å². The molecule has 17 heavy (non-hydrogen) atoms. The minimum Gasteiger partial charge on any atom is -0.345 e. The zero-order chi connectivity index (χ0) is 12.2. The second-order valence-electron chi connectivity index (χ2n) is 3.75. The van der Waals surface area contributed by atoms with Gasteiger partial charge in [-0.3, -0.25) is 4.79 Å². The molecular weight excluding hydrogens is 324 g/mol. The van der Waals surface area contributed by atoms with E-state index < -0.39 is 0 Å². The van der Waals surface area contributed by atoms with E-state index in [0.29, 0.717) is 11.4 Å². The van der Waals surface area contributed by atoms with Crippen LogP contribution >= 0.6 is 39.7 Å². The summed E-state index contributed by atoms with van der Waals surface area (Å²) < 4.78 is 0.962. The van der Waals surface area contributed by atoms with Gasteiger partial charge in [0.1, 0.15) is 0 Å². The Hall–Kier alpha value is -0.100. The first kappa shape index (κ1) is 16.9. The van der Waals surface area contributed by atoms with Crippen molar-refractivity contribution in [3.8, 4) is 0 Å². The van der Waals surface area contributed by atoms with Crippen molar-refractivity contribution in [2.45, 2.75) is 32.2 Å². The molecule has 0 radical (unpaired) electrons. The van der Waals surface area contributed by atoms with E-state index in [2.05, 4.69) is 21.2 Å². The number of halogens is 2. The highest BCUT2D eigenvalue weighted by molar-refractivity contribution is 9.11.